The molecule has 1 saturated carbocycles. The molecule has 21 heavy (non-hydrogen) atoms. The number of likely N-dealkylation sites (N-methyl/N-ethyl adjacent to an activating group) is 1. The van der Waals surface area contributed by atoms with Gasteiger partial charge in [0.1, 0.15) is 10.7 Å². The van der Waals surface area contributed by atoms with Crippen molar-refractivity contribution in [2.24, 2.45) is 0 Å². The second-order valence-electron chi connectivity index (χ2n) is 5.35. The lowest BCUT2D eigenvalue weighted by molar-refractivity contribution is 0.248. The maximum absolute atomic E-state index is 12.2. The average Bonchev–Trinajstić information content (AvgIpc) is 3.28. The monoisotopic (exact) mass is 332 g/mol. The number of anilines is 1. The summed E-state index contributed by atoms with van der Waals surface area (Å²) in [4.78, 5) is 6.27. The molecule has 0 spiro atoms. The van der Waals surface area contributed by atoms with Crippen LogP contribution in [-0.4, -0.2) is 51.0 Å². The molecule has 1 aliphatic rings. The molecule has 1 atom stereocenters. The lowest BCUT2D eigenvalue weighted by Gasteiger charge is -2.24. The Kier molecular flexibility index (Phi) is 5.08. The number of pyridine rings is 1. The summed E-state index contributed by atoms with van der Waals surface area (Å²) in [6, 6.07) is 2.14. The summed E-state index contributed by atoms with van der Waals surface area (Å²) in [5.74, 6) is 0.456. The molecule has 118 valence electrons. The second kappa shape index (κ2) is 6.48. The number of halogens is 1. The van der Waals surface area contributed by atoms with Crippen molar-refractivity contribution < 1.29 is 8.42 Å². The SMILES string of the molecule is CNc1ncc(S(=O)(=O)NCC(C)N(C)C2CC2)cc1Cl. The van der Waals surface area contributed by atoms with Crippen LogP contribution in [0.2, 0.25) is 5.02 Å². The fraction of sp³-hybridized carbons (Fsp3) is 0.615. The summed E-state index contributed by atoms with van der Waals surface area (Å²) in [7, 11) is 0.108. The zero-order valence-corrected chi connectivity index (χ0v) is 14.0. The van der Waals surface area contributed by atoms with Crippen LogP contribution >= 0.6 is 11.6 Å². The quantitative estimate of drug-likeness (QED) is 0.792. The highest BCUT2D eigenvalue weighted by Crippen LogP contribution is 2.27. The maximum atomic E-state index is 12.2. The smallest absolute Gasteiger partial charge is 0.242 e. The minimum atomic E-state index is -3.59. The van der Waals surface area contributed by atoms with Crippen molar-refractivity contribution in [3.05, 3.63) is 17.3 Å². The lowest BCUT2D eigenvalue weighted by atomic mass is 10.3. The number of sulfonamides is 1. The van der Waals surface area contributed by atoms with E-state index in [1.54, 1.807) is 7.05 Å². The fourth-order valence-corrected chi connectivity index (χ4v) is 3.47. The molecule has 2 N–H and O–H groups in total. The fourth-order valence-electron chi connectivity index (χ4n) is 2.05. The molecule has 0 radical (unpaired) electrons. The minimum absolute atomic E-state index is 0.0766. The van der Waals surface area contributed by atoms with Gasteiger partial charge < -0.3 is 5.32 Å². The van der Waals surface area contributed by atoms with Crippen LogP contribution in [0.15, 0.2) is 17.2 Å². The summed E-state index contributed by atoms with van der Waals surface area (Å²) in [6.07, 6.45) is 3.69. The summed E-state index contributed by atoms with van der Waals surface area (Å²) in [5, 5.41) is 3.07. The predicted octanol–water partition coefficient (Wildman–Crippen LogP) is 1.54. The normalized spacial score (nSPS) is 17.0. The Morgan fingerprint density at radius 3 is 2.71 bits per heavy atom. The van der Waals surface area contributed by atoms with E-state index < -0.39 is 10.0 Å². The van der Waals surface area contributed by atoms with Gasteiger partial charge in [-0.1, -0.05) is 11.6 Å². The highest BCUT2D eigenvalue weighted by Gasteiger charge is 2.29. The van der Waals surface area contributed by atoms with Gasteiger partial charge in [0, 0.05) is 31.9 Å². The number of nitrogens with zero attached hydrogens (tertiary/aromatic N) is 2. The Bertz CT molecular complexity index is 604. The van der Waals surface area contributed by atoms with Gasteiger partial charge in [0.25, 0.3) is 0 Å². The van der Waals surface area contributed by atoms with Crippen LogP contribution < -0.4 is 10.0 Å². The van der Waals surface area contributed by atoms with E-state index in [4.69, 9.17) is 11.6 Å². The second-order valence-corrected chi connectivity index (χ2v) is 7.52. The third-order valence-electron chi connectivity index (χ3n) is 3.75. The van der Waals surface area contributed by atoms with E-state index in [2.05, 4.69) is 19.9 Å². The molecule has 0 aliphatic heterocycles. The molecule has 1 aliphatic carbocycles. The third kappa shape index (κ3) is 4.06. The standard InChI is InChI=1S/C13H21ClN4O2S/c1-9(18(3)10-4-5-10)7-17-21(19,20)11-6-12(14)13(15-2)16-8-11/h6,8-10,17H,4-5,7H2,1-3H3,(H,15,16). The Labute approximate surface area is 130 Å². The molecule has 0 aromatic carbocycles. The van der Waals surface area contributed by atoms with Gasteiger partial charge in [0.2, 0.25) is 10.0 Å². The molecule has 1 heterocycles. The molecule has 0 amide bonds. The zero-order chi connectivity index (χ0) is 15.6. The van der Waals surface area contributed by atoms with E-state index in [1.807, 2.05) is 14.0 Å². The van der Waals surface area contributed by atoms with Crippen LogP contribution in [0.3, 0.4) is 0 Å². The Hall–Kier alpha value is -0.890. The first kappa shape index (κ1) is 16.5. The van der Waals surface area contributed by atoms with E-state index >= 15 is 0 Å². The molecule has 1 aromatic rings. The first-order valence-electron chi connectivity index (χ1n) is 6.90. The van der Waals surface area contributed by atoms with Gasteiger partial charge in [0.05, 0.1) is 5.02 Å². The molecule has 6 nitrogen and oxygen atoms in total. The van der Waals surface area contributed by atoms with E-state index in [0.717, 1.165) is 0 Å². The van der Waals surface area contributed by atoms with Crippen molar-refractivity contribution in [1.29, 1.82) is 0 Å². The highest BCUT2D eigenvalue weighted by atomic mass is 35.5. The summed E-state index contributed by atoms with van der Waals surface area (Å²) in [5.41, 5.74) is 0. The number of aromatic nitrogens is 1. The van der Waals surface area contributed by atoms with Gasteiger partial charge in [-0.2, -0.15) is 0 Å². The van der Waals surface area contributed by atoms with Gasteiger partial charge in [0.15, 0.2) is 0 Å². The first-order valence-corrected chi connectivity index (χ1v) is 8.76. The van der Waals surface area contributed by atoms with Gasteiger partial charge in [-0.25, -0.2) is 18.1 Å². The number of hydrogen-bond donors (Lipinski definition) is 2. The largest absolute Gasteiger partial charge is 0.372 e. The highest BCUT2D eigenvalue weighted by molar-refractivity contribution is 7.89. The number of nitrogens with one attached hydrogen (secondary N) is 2. The van der Waals surface area contributed by atoms with E-state index in [9.17, 15) is 8.42 Å². The number of hydrogen-bond acceptors (Lipinski definition) is 5. The molecular weight excluding hydrogens is 312 g/mol. The van der Waals surface area contributed by atoms with E-state index in [0.29, 0.717) is 18.4 Å². The van der Waals surface area contributed by atoms with Gasteiger partial charge in [-0.05, 0) is 32.9 Å². The topological polar surface area (TPSA) is 74.3 Å². The van der Waals surface area contributed by atoms with Crippen LogP contribution in [0.1, 0.15) is 19.8 Å². The molecule has 1 unspecified atom stereocenters. The summed E-state index contributed by atoms with van der Waals surface area (Å²) < 4.78 is 27.1. The van der Waals surface area contributed by atoms with Crippen molar-refractivity contribution in [2.45, 2.75) is 36.7 Å². The molecule has 1 aromatic heterocycles. The average molecular weight is 333 g/mol. The Morgan fingerprint density at radius 2 is 2.19 bits per heavy atom. The summed E-state index contributed by atoms with van der Waals surface area (Å²) in [6.45, 7) is 2.37. The molecule has 0 bridgehead atoms. The van der Waals surface area contributed by atoms with Crippen LogP contribution in [0.5, 0.6) is 0 Å². The van der Waals surface area contributed by atoms with Crippen molar-refractivity contribution in [3.8, 4) is 0 Å². The molecule has 8 heteroatoms. The Balaban J connectivity index is 2.02. The van der Waals surface area contributed by atoms with E-state index in [-0.39, 0.29) is 16.0 Å². The van der Waals surface area contributed by atoms with Gasteiger partial charge >= 0.3 is 0 Å². The first-order chi connectivity index (χ1) is 9.85. The molecule has 0 saturated heterocycles. The Morgan fingerprint density at radius 1 is 1.52 bits per heavy atom. The van der Waals surface area contributed by atoms with Crippen molar-refractivity contribution >= 4 is 27.4 Å². The molecular formula is C13H21ClN4O2S. The molecule has 2 rings (SSSR count). The van der Waals surface area contributed by atoms with Crippen LogP contribution in [0.25, 0.3) is 0 Å². The predicted molar refractivity (Wildman–Crippen MR) is 84.2 cm³/mol. The van der Waals surface area contributed by atoms with Gasteiger partial charge in [-0.15, -0.1) is 0 Å². The van der Waals surface area contributed by atoms with Crippen molar-refractivity contribution in [2.75, 3.05) is 26.0 Å². The third-order valence-corrected chi connectivity index (χ3v) is 5.43. The van der Waals surface area contributed by atoms with E-state index in [1.165, 1.54) is 25.1 Å². The van der Waals surface area contributed by atoms with Gasteiger partial charge in [-0.3, -0.25) is 4.90 Å². The molecule has 1 fully saturated rings. The van der Waals surface area contributed by atoms with Crippen LogP contribution in [0, 0.1) is 0 Å². The summed E-state index contributed by atoms with van der Waals surface area (Å²) >= 11 is 5.97. The van der Waals surface area contributed by atoms with Crippen LogP contribution in [0.4, 0.5) is 5.82 Å². The van der Waals surface area contributed by atoms with Crippen LogP contribution in [-0.2, 0) is 10.0 Å². The van der Waals surface area contributed by atoms with Crippen molar-refractivity contribution in [3.63, 3.8) is 0 Å². The zero-order valence-electron chi connectivity index (χ0n) is 12.4. The van der Waals surface area contributed by atoms with Crippen molar-refractivity contribution in [1.82, 2.24) is 14.6 Å². The maximum Gasteiger partial charge on any atom is 0.242 e. The number of rotatable bonds is 7. The minimum Gasteiger partial charge on any atom is -0.372 e. The lowest BCUT2D eigenvalue weighted by Crippen LogP contribution is -2.41.